The number of aromatic nitrogens is 2. The standard InChI is InChI=1S/C9H8F3NO3.C5H5NO.C4H4BrF3O2.CH4/c10-9(11,12)5-6(8(15)16)13-4-2-1-3-7(13)14;7-5-3-1-2-4-6-5;5-2(3(9)10)1-4(6,7)8;/h1-4,6H,5H2,(H,15,16);1-4H,(H,6,7);2H,1H2,(H,9,10);1H4. The molecule has 2 heterocycles. The highest BCUT2D eigenvalue weighted by Gasteiger charge is 2.36. The number of hydrogen-bond donors (Lipinski definition) is 3. The molecule has 0 saturated carbocycles. The smallest absolute Gasteiger partial charge is 0.391 e. The number of carboxylic acid groups (broad SMARTS) is 2. The maximum absolute atomic E-state index is 12.1. The van der Waals surface area contributed by atoms with Gasteiger partial charge in [-0.25, -0.2) is 4.79 Å². The number of H-pyrrole nitrogens is 1. The summed E-state index contributed by atoms with van der Waals surface area (Å²) in [5.74, 6) is -3.19. The molecule has 15 heteroatoms. The maximum atomic E-state index is 12.1. The highest BCUT2D eigenvalue weighted by molar-refractivity contribution is 9.10. The second kappa shape index (κ2) is 14.9. The van der Waals surface area contributed by atoms with Crippen LogP contribution in [-0.2, 0) is 9.59 Å². The molecule has 0 aromatic carbocycles. The highest BCUT2D eigenvalue weighted by atomic mass is 79.9. The van der Waals surface area contributed by atoms with Gasteiger partial charge in [0, 0.05) is 24.5 Å². The molecule has 2 unspecified atom stereocenters. The van der Waals surface area contributed by atoms with Crippen LogP contribution in [0, 0.1) is 0 Å². The molecule has 0 saturated heterocycles. The predicted molar refractivity (Wildman–Crippen MR) is 113 cm³/mol. The first-order chi connectivity index (χ1) is 15.0. The molecule has 2 atom stereocenters. The molecule has 34 heavy (non-hydrogen) atoms. The molecule has 2 aromatic heterocycles. The number of halogens is 7. The number of pyridine rings is 2. The van der Waals surface area contributed by atoms with Crippen LogP contribution in [-0.4, -0.2) is 48.9 Å². The normalized spacial score (nSPS) is 12.4. The van der Waals surface area contributed by atoms with E-state index in [1.165, 1.54) is 18.2 Å². The van der Waals surface area contributed by atoms with Crippen LogP contribution in [0.5, 0.6) is 0 Å². The fourth-order valence-corrected chi connectivity index (χ4v) is 2.26. The van der Waals surface area contributed by atoms with Crippen LogP contribution in [0.3, 0.4) is 0 Å². The van der Waals surface area contributed by atoms with Gasteiger partial charge in [0.15, 0.2) is 0 Å². The Bertz CT molecular complexity index is 988. The summed E-state index contributed by atoms with van der Waals surface area (Å²) in [5, 5.41) is 16.7. The van der Waals surface area contributed by atoms with Gasteiger partial charge in [0.1, 0.15) is 10.9 Å². The highest BCUT2D eigenvalue weighted by Crippen LogP contribution is 2.27. The lowest BCUT2D eigenvalue weighted by Crippen LogP contribution is -2.32. The fourth-order valence-electron chi connectivity index (χ4n) is 1.89. The number of alkyl halides is 7. The Balaban J connectivity index is 0. The number of carboxylic acids is 2. The maximum Gasteiger partial charge on any atom is 0.391 e. The van der Waals surface area contributed by atoms with Gasteiger partial charge in [0.25, 0.3) is 5.56 Å². The lowest BCUT2D eigenvalue weighted by molar-refractivity contribution is -0.161. The molecular formula is C19H21BrF6N2O6. The van der Waals surface area contributed by atoms with E-state index in [0.717, 1.165) is 12.3 Å². The van der Waals surface area contributed by atoms with E-state index in [1.54, 1.807) is 18.3 Å². The lowest BCUT2D eigenvalue weighted by atomic mass is 10.2. The van der Waals surface area contributed by atoms with Crippen LogP contribution in [0.15, 0.2) is 58.4 Å². The summed E-state index contributed by atoms with van der Waals surface area (Å²) in [6.07, 6.45) is -9.37. The molecule has 3 N–H and O–H groups in total. The summed E-state index contributed by atoms with van der Waals surface area (Å²) in [6.45, 7) is 0. The Kier molecular flexibility index (Phi) is 14.5. The second-order valence-corrected chi connectivity index (χ2v) is 7.08. The zero-order chi connectivity index (χ0) is 25.8. The minimum Gasteiger partial charge on any atom is -0.480 e. The van der Waals surface area contributed by atoms with Gasteiger partial charge in [-0.2, -0.15) is 26.3 Å². The van der Waals surface area contributed by atoms with Crippen LogP contribution in [0.25, 0.3) is 0 Å². The molecule has 2 rings (SSSR count). The zero-order valence-corrected chi connectivity index (χ0v) is 17.9. The number of nitrogens with zero attached hydrogens (tertiary/aromatic N) is 1. The van der Waals surface area contributed by atoms with Crippen molar-refractivity contribution >= 4 is 27.9 Å². The summed E-state index contributed by atoms with van der Waals surface area (Å²) in [6, 6.07) is 6.64. The molecule has 0 spiro atoms. The van der Waals surface area contributed by atoms with Crippen molar-refractivity contribution in [2.24, 2.45) is 0 Å². The van der Waals surface area contributed by atoms with Crippen LogP contribution < -0.4 is 11.1 Å². The Morgan fingerprint density at radius 3 is 1.74 bits per heavy atom. The minimum absolute atomic E-state index is 0. The van der Waals surface area contributed by atoms with E-state index in [-0.39, 0.29) is 13.0 Å². The van der Waals surface area contributed by atoms with Crippen LogP contribution in [0.4, 0.5) is 26.3 Å². The molecule has 0 amide bonds. The van der Waals surface area contributed by atoms with Gasteiger partial charge in [-0.15, -0.1) is 0 Å². The summed E-state index contributed by atoms with van der Waals surface area (Å²) >= 11 is 2.36. The Labute approximate surface area is 197 Å². The topological polar surface area (TPSA) is 129 Å². The number of aromatic amines is 1. The van der Waals surface area contributed by atoms with Gasteiger partial charge in [0.05, 0.1) is 12.8 Å². The van der Waals surface area contributed by atoms with Crippen molar-refractivity contribution in [2.75, 3.05) is 0 Å². The van der Waals surface area contributed by atoms with E-state index >= 15 is 0 Å². The molecule has 8 nitrogen and oxygen atoms in total. The average molecular weight is 567 g/mol. The number of carbonyl (C=O) groups is 2. The largest absolute Gasteiger partial charge is 0.480 e. The minimum atomic E-state index is -4.64. The van der Waals surface area contributed by atoms with Gasteiger partial charge in [-0.1, -0.05) is 35.5 Å². The number of hydrogen-bond acceptors (Lipinski definition) is 4. The van der Waals surface area contributed by atoms with Gasteiger partial charge in [-0.3, -0.25) is 14.4 Å². The van der Waals surface area contributed by atoms with Gasteiger partial charge in [-0.05, 0) is 12.1 Å². The van der Waals surface area contributed by atoms with Crippen molar-refractivity contribution in [3.63, 3.8) is 0 Å². The van der Waals surface area contributed by atoms with E-state index in [4.69, 9.17) is 10.2 Å². The van der Waals surface area contributed by atoms with Gasteiger partial charge in [0.2, 0.25) is 5.56 Å². The first-order valence-electron chi connectivity index (χ1n) is 8.57. The van der Waals surface area contributed by atoms with Gasteiger partial charge < -0.3 is 19.8 Å². The molecule has 0 radical (unpaired) electrons. The van der Waals surface area contributed by atoms with Crippen molar-refractivity contribution in [2.45, 2.75) is 43.5 Å². The SMILES string of the molecule is C.O=C(O)C(Br)CC(F)(F)F.O=C(O)C(CC(F)(F)F)n1ccccc1=O.O=c1cccc[nH]1. The Morgan fingerprint density at radius 1 is 0.912 bits per heavy atom. The summed E-state index contributed by atoms with van der Waals surface area (Å²) in [7, 11) is 0. The molecule has 0 bridgehead atoms. The third-order valence-corrected chi connectivity index (χ3v) is 3.97. The molecular weight excluding hydrogens is 546 g/mol. The molecule has 0 aliphatic rings. The average Bonchev–Trinajstić information content (AvgIpc) is 2.66. The summed E-state index contributed by atoms with van der Waals surface area (Å²) < 4.78 is 71.0. The van der Waals surface area contributed by atoms with Crippen molar-refractivity contribution in [1.29, 1.82) is 0 Å². The van der Waals surface area contributed by atoms with Crippen molar-refractivity contribution in [3.05, 3.63) is 69.5 Å². The van der Waals surface area contributed by atoms with Crippen LogP contribution >= 0.6 is 15.9 Å². The molecule has 192 valence electrons. The molecule has 0 aliphatic carbocycles. The van der Waals surface area contributed by atoms with E-state index in [9.17, 15) is 45.5 Å². The lowest BCUT2D eigenvalue weighted by Gasteiger charge is -2.16. The number of nitrogens with one attached hydrogen (secondary N) is 1. The number of aliphatic carboxylic acids is 2. The van der Waals surface area contributed by atoms with E-state index in [1.807, 2.05) is 0 Å². The Morgan fingerprint density at radius 2 is 1.44 bits per heavy atom. The van der Waals surface area contributed by atoms with Crippen molar-refractivity contribution in [3.8, 4) is 0 Å². The molecule has 0 fully saturated rings. The fraction of sp³-hybridized carbons (Fsp3) is 0.368. The van der Waals surface area contributed by atoms with E-state index < -0.39 is 53.6 Å². The second-order valence-electron chi connectivity index (χ2n) is 5.97. The summed E-state index contributed by atoms with van der Waals surface area (Å²) in [5.41, 5.74) is -0.832. The third-order valence-electron chi connectivity index (χ3n) is 3.26. The zero-order valence-electron chi connectivity index (χ0n) is 16.3. The summed E-state index contributed by atoms with van der Waals surface area (Å²) in [4.78, 5) is 42.8. The van der Waals surface area contributed by atoms with Crippen molar-refractivity contribution < 1.29 is 46.1 Å². The molecule has 2 aromatic rings. The van der Waals surface area contributed by atoms with Gasteiger partial charge >= 0.3 is 24.3 Å². The van der Waals surface area contributed by atoms with E-state index in [2.05, 4.69) is 20.9 Å². The first-order valence-corrected chi connectivity index (χ1v) is 9.49. The van der Waals surface area contributed by atoms with Crippen molar-refractivity contribution in [1.82, 2.24) is 9.55 Å². The predicted octanol–water partition coefficient (Wildman–Crippen LogP) is 4.22. The quantitative estimate of drug-likeness (QED) is 0.367. The van der Waals surface area contributed by atoms with E-state index in [0.29, 0.717) is 4.57 Å². The first kappa shape index (κ1) is 33.1. The number of rotatable bonds is 5. The van der Waals surface area contributed by atoms with Crippen LogP contribution in [0.1, 0.15) is 26.3 Å². The third kappa shape index (κ3) is 15.7. The molecule has 0 aliphatic heterocycles. The Hall–Kier alpha value is -3.10. The van der Waals surface area contributed by atoms with Crippen LogP contribution in [0.2, 0.25) is 0 Å². The monoisotopic (exact) mass is 566 g/mol.